The van der Waals surface area contributed by atoms with Gasteiger partial charge in [0.2, 0.25) is 10.0 Å². The molecular weight excluding hydrogens is 514 g/mol. The van der Waals surface area contributed by atoms with Crippen LogP contribution in [-0.2, 0) is 21.2 Å². The minimum Gasteiger partial charge on any atom is -0.425 e. The van der Waals surface area contributed by atoms with Crippen molar-refractivity contribution in [2.24, 2.45) is 5.92 Å². The molecule has 39 heavy (non-hydrogen) atoms. The van der Waals surface area contributed by atoms with E-state index in [-0.39, 0.29) is 23.0 Å². The minimum absolute atomic E-state index is 0.00903. The first-order valence-electron chi connectivity index (χ1n) is 12.9. The predicted molar refractivity (Wildman–Crippen MR) is 152 cm³/mol. The highest BCUT2D eigenvalue weighted by molar-refractivity contribution is 7.89. The fraction of sp³-hybridized carbons (Fsp3) is 0.290. The lowest BCUT2D eigenvalue weighted by molar-refractivity contribution is -0.136. The van der Waals surface area contributed by atoms with E-state index in [0.29, 0.717) is 28.5 Å². The van der Waals surface area contributed by atoms with Crippen molar-refractivity contribution >= 4 is 27.0 Å². The van der Waals surface area contributed by atoms with Crippen molar-refractivity contribution < 1.29 is 22.4 Å². The number of benzene rings is 3. The number of fused-ring (bicyclic) bond motifs is 1. The van der Waals surface area contributed by atoms with Crippen LogP contribution < -0.4 is 15.1 Å². The highest BCUT2D eigenvalue weighted by Crippen LogP contribution is 2.32. The summed E-state index contributed by atoms with van der Waals surface area (Å²) in [4.78, 5) is 26.4. The van der Waals surface area contributed by atoms with Gasteiger partial charge in [-0.25, -0.2) is 18.0 Å². The van der Waals surface area contributed by atoms with Crippen LogP contribution in [0.1, 0.15) is 48.1 Å². The van der Waals surface area contributed by atoms with Crippen molar-refractivity contribution in [1.29, 1.82) is 0 Å². The molecule has 204 valence electrons. The zero-order valence-corrected chi connectivity index (χ0v) is 23.6. The molecule has 0 fully saturated rings. The van der Waals surface area contributed by atoms with Gasteiger partial charge in [0.1, 0.15) is 17.4 Å². The lowest BCUT2D eigenvalue weighted by Crippen LogP contribution is -2.43. The van der Waals surface area contributed by atoms with Crippen LogP contribution in [0, 0.1) is 26.7 Å². The van der Waals surface area contributed by atoms with Gasteiger partial charge in [-0.05, 0) is 74.1 Å². The Bertz CT molecular complexity index is 1660. The van der Waals surface area contributed by atoms with E-state index in [4.69, 9.17) is 9.15 Å². The van der Waals surface area contributed by atoms with Crippen LogP contribution in [0.4, 0.5) is 0 Å². The quantitative estimate of drug-likeness (QED) is 0.166. The largest absolute Gasteiger partial charge is 0.425 e. The molecule has 1 aromatic heterocycles. The van der Waals surface area contributed by atoms with Crippen LogP contribution in [0.15, 0.2) is 80.8 Å². The molecule has 7 nitrogen and oxygen atoms in total. The van der Waals surface area contributed by atoms with E-state index in [1.54, 1.807) is 38.1 Å². The van der Waals surface area contributed by atoms with Crippen molar-refractivity contribution in [3.05, 3.63) is 105 Å². The molecular formula is C31H33NO6S. The maximum absolute atomic E-state index is 13.5. The van der Waals surface area contributed by atoms with Crippen molar-refractivity contribution in [3.8, 4) is 5.75 Å². The molecule has 4 rings (SSSR count). The lowest BCUT2D eigenvalue weighted by Gasteiger charge is -2.20. The predicted octanol–water partition coefficient (Wildman–Crippen LogP) is 5.61. The Morgan fingerprint density at radius 1 is 0.949 bits per heavy atom. The maximum atomic E-state index is 13.5. The molecule has 1 atom stereocenters. The number of carbonyl (C=O) groups excluding carboxylic acids is 1. The molecule has 1 heterocycles. The summed E-state index contributed by atoms with van der Waals surface area (Å²) in [5.74, 6) is -0.509. The number of esters is 1. The van der Waals surface area contributed by atoms with Crippen LogP contribution in [-0.4, -0.2) is 20.4 Å². The average Bonchev–Trinajstić information content (AvgIpc) is 2.86. The first kappa shape index (κ1) is 28.3. The summed E-state index contributed by atoms with van der Waals surface area (Å²) in [6.45, 7) is 9.27. The Morgan fingerprint density at radius 3 is 2.26 bits per heavy atom. The summed E-state index contributed by atoms with van der Waals surface area (Å²) in [6, 6.07) is 18.3. The Hall–Kier alpha value is -3.75. The second-order valence-electron chi connectivity index (χ2n) is 10.3. The summed E-state index contributed by atoms with van der Waals surface area (Å²) >= 11 is 0. The second kappa shape index (κ2) is 11.6. The first-order valence-corrected chi connectivity index (χ1v) is 14.3. The van der Waals surface area contributed by atoms with Crippen LogP contribution in [0.2, 0.25) is 0 Å². The lowest BCUT2D eigenvalue weighted by atomic mass is 9.98. The third kappa shape index (κ3) is 6.64. The molecule has 0 saturated heterocycles. The molecule has 0 bridgehead atoms. The zero-order chi connectivity index (χ0) is 28.3. The summed E-state index contributed by atoms with van der Waals surface area (Å²) in [6.07, 6.45) is 0.597. The number of rotatable bonds is 9. The van der Waals surface area contributed by atoms with Gasteiger partial charge in [0.15, 0.2) is 0 Å². The number of hydrogen-bond acceptors (Lipinski definition) is 6. The Morgan fingerprint density at radius 2 is 1.62 bits per heavy atom. The van der Waals surface area contributed by atoms with Gasteiger partial charge in [-0.15, -0.1) is 0 Å². The van der Waals surface area contributed by atoms with E-state index in [0.717, 1.165) is 16.7 Å². The minimum atomic E-state index is -3.98. The first-order chi connectivity index (χ1) is 18.4. The normalized spacial score (nSPS) is 12.6. The highest BCUT2D eigenvalue weighted by Gasteiger charge is 2.29. The monoisotopic (exact) mass is 547 g/mol. The van der Waals surface area contributed by atoms with Crippen molar-refractivity contribution in [2.75, 3.05) is 0 Å². The number of nitrogens with one attached hydrogen (secondary N) is 1. The number of ether oxygens (including phenoxy) is 1. The van der Waals surface area contributed by atoms with E-state index >= 15 is 0 Å². The van der Waals surface area contributed by atoms with E-state index in [2.05, 4.69) is 4.72 Å². The van der Waals surface area contributed by atoms with Gasteiger partial charge >= 0.3 is 11.6 Å². The molecule has 0 aliphatic heterocycles. The van der Waals surface area contributed by atoms with Gasteiger partial charge in [0, 0.05) is 12.0 Å². The fourth-order valence-corrected chi connectivity index (χ4v) is 5.74. The molecule has 0 aliphatic carbocycles. The van der Waals surface area contributed by atoms with Crippen LogP contribution in [0.3, 0.4) is 0 Å². The SMILES string of the molecule is Cc1ccc(S(=O)(=O)NC(CC(C)C)C(=O)Oc2cc(C)cc3oc(=O)c(Cc4ccccc4)c(C)c23)cc1. The second-order valence-corrected chi connectivity index (χ2v) is 12.0. The molecule has 1 N–H and O–H groups in total. The van der Waals surface area contributed by atoms with Crippen molar-refractivity contribution in [1.82, 2.24) is 4.72 Å². The van der Waals surface area contributed by atoms with Gasteiger partial charge in [-0.2, -0.15) is 4.72 Å². The summed E-state index contributed by atoms with van der Waals surface area (Å²) in [5.41, 5.74) is 3.56. The summed E-state index contributed by atoms with van der Waals surface area (Å²) in [5, 5.41) is 0.504. The van der Waals surface area contributed by atoms with Gasteiger partial charge in [0.05, 0.1) is 10.3 Å². The van der Waals surface area contributed by atoms with E-state index in [1.165, 1.54) is 12.1 Å². The van der Waals surface area contributed by atoms with E-state index < -0.39 is 27.7 Å². The molecule has 8 heteroatoms. The van der Waals surface area contributed by atoms with Gasteiger partial charge in [-0.3, -0.25) is 0 Å². The number of sulfonamides is 1. The van der Waals surface area contributed by atoms with E-state index in [9.17, 15) is 18.0 Å². The topological polar surface area (TPSA) is 103 Å². The number of hydrogen-bond donors (Lipinski definition) is 1. The standard InChI is InChI=1S/C31H33NO6S/c1-19(2)15-26(32-39(35,36)24-13-11-20(3)12-14-24)31(34)38-28-17-21(4)16-27-29(28)22(5)25(30(33)37-27)18-23-9-7-6-8-10-23/h6-14,16-17,19,26,32H,15,18H2,1-5H3. The summed E-state index contributed by atoms with van der Waals surface area (Å²) in [7, 11) is -3.98. The Balaban J connectivity index is 1.71. The van der Waals surface area contributed by atoms with Gasteiger partial charge in [0.25, 0.3) is 0 Å². The van der Waals surface area contributed by atoms with E-state index in [1.807, 2.05) is 51.1 Å². The van der Waals surface area contributed by atoms with Crippen molar-refractivity contribution in [3.63, 3.8) is 0 Å². The van der Waals surface area contributed by atoms with Crippen LogP contribution >= 0.6 is 0 Å². The molecule has 0 radical (unpaired) electrons. The number of carbonyl (C=O) groups is 1. The van der Waals surface area contributed by atoms with Gasteiger partial charge in [-0.1, -0.05) is 61.9 Å². The van der Waals surface area contributed by atoms with Crippen LogP contribution in [0.25, 0.3) is 11.0 Å². The Kier molecular flexibility index (Phi) is 8.37. The summed E-state index contributed by atoms with van der Waals surface area (Å²) < 4.78 is 40.3. The highest BCUT2D eigenvalue weighted by atomic mass is 32.2. The smallest absolute Gasteiger partial charge is 0.340 e. The number of aryl methyl sites for hydroxylation is 3. The van der Waals surface area contributed by atoms with Crippen molar-refractivity contribution in [2.45, 2.75) is 58.4 Å². The molecule has 0 spiro atoms. The maximum Gasteiger partial charge on any atom is 0.340 e. The Labute approximate surface area is 228 Å². The third-order valence-electron chi connectivity index (χ3n) is 6.54. The fourth-order valence-electron chi connectivity index (χ4n) is 4.54. The molecule has 4 aromatic rings. The molecule has 3 aromatic carbocycles. The zero-order valence-electron chi connectivity index (χ0n) is 22.8. The molecule has 0 aliphatic rings. The average molecular weight is 548 g/mol. The molecule has 1 unspecified atom stereocenters. The third-order valence-corrected chi connectivity index (χ3v) is 8.03. The molecule has 0 amide bonds. The van der Waals surface area contributed by atoms with Gasteiger partial charge < -0.3 is 9.15 Å². The molecule has 0 saturated carbocycles. The van der Waals surface area contributed by atoms with Crippen LogP contribution in [0.5, 0.6) is 5.75 Å².